The van der Waals surface area contributed by atoms with Crippen LogP contribution in [0, 0.1) is 0 Å². The molecule has 0 aromatic heterocycles. The molecule has 186 valence electrons. The Morgan fingerprint density at radius 1 is 1.06 bits per heavy atom. The number of amides is 1. The van der Waals surface area contributed by atoms with Crippen LogP contribution >= 0.6 is 0 Å². The summed E-state index contributed by atoms with van der Waals surface area (Å²) in [6.45, 7) is 3.49. The number of carbonyl (C=O) groups excluding carboxylic acids is 1. The third-order valence-corrected chi connectivity index (χ3v) is 7.93. The summed E-state index contributed by atoms with van der Waals surface area (Å²) in [6, 6.07) is 15.2. The van der Waals surface area contributed by atoms with E-state index in [2.05, 4.69) is 34.5 Å². The fourth-order valence-corrected chi connectivity index (χ4v) is 6.20. The van der Waals surface area contributed by atoms with Gasteiger partial charge in [-0.05, 0) is 55.4 Å². The molecule has 2 aromatic carbocycles. The zero-order valence-electron chi connectivity index (χ0n) is 20.2. The highest BCUT2D eigenvalue weighted by atomic mass is 16.5. The van der Waals surface area contributed by atoms with Crippen LogP contribution in [0.15, 0.2) is 42.5 Å². The van der Waals surface area contributed by atoms with E-state index in [1.54, 1.807) is 4.90 Å². The number of hydrogen-bond donors (Lipinski definition) is 2. The van der Waals surface area contributed by atoms with E-state index in [4.69, 9.17) is 9.47 Å². The average molecular weight is 478 g/mol. The highest BCUT2D eigenvalue weighted by molar-refractivity contribution is 5.97. The molecule has 2 saturated heterocycles. The minimum atomic E-state index is -0.608. The Morgan fingerprint density at radius 3 is 2.69 bits per heavy atom. The van der Waals surface area contributed by atoms with Gasteiger partial charge in [0.05, 0.1) is 18.2 Å². The van der Waals surface area contributed by atoms with Crippen LogP contribution in [-0.2, 0) is 13.0 Å². The molecule has 0 radical (unpaired) electrons. The van der Waals surface area contributed by atoms with Gasteiger partial charge < -0.3 is 24.8 Å². The van der Waals surface area contributed by atoms with Crippen molar-refractivity contribution in [2.45, 2.75) is 62.9 Å². The molecule has 2 N–H and O–H groups in total. The van der Waals surface area contributed by atoms with E-state index >= 15 is 0 Å². The standard InChI is InChI=1S/C28H35N3O4/c32-23(17-30-10-9-19-3-1-2-4-20(19)16-30)18-31-11-12-34-27-15-24(7-8-26(27)28(31)33)35-25-13-21-5-6-22(14-25)29-21/h1-4,7-8,15,21-23,25,29,32H,5-6,9-14,16-18H2/t21?,22?,23-,25?/m1/s1. The van der Waals surface area contributed by atoms with Gasteiger partial charge in [0.1, 0.15) is 24.2 Å². The van der Waals surface area contributed by atoms with E-state index in [0.717, 1.165) is 38.1 Å². The fraction of sp³-hybridized carbons (Fsp3) is 0.536. The molecule has 35 heavy (non-hydrogen) atoms. The van der Waals surface area contributed by atoms with E-state index in [1.807, 2.05) is 18.2 Å². The van der Waals surface area contributed by atoms with E-state index < -0.39 is 6.10 Å². The molecule has 7 nitrogen and oxygen atoms in total. The lowest BCUT2D eigenvalue weighted by Gasteiger charge is -2.32. The number of hydrogen-bond acceptors (Lipinski definition) is 6. The summed E-state index contributed by atoms with van der Waals surface area (Å²) in [5.41, 5.74) is 3.26. The summed E-state index contributed by atoms with van der Waals surface area (Å²) < 4.78 is 12.2. The molecule has 0 saturated carbocycles. The molecule has 2 fully saturated rings. The molecule has 4 aliphatic heterocycles. The second kappa shape index (κ2) is 9.80. The van der Waals surface area contributed by atoms with Crippen molar-refractivity contribution in [2.24, 2.45) is 0 Å². The first-order valence-electron chi connectivity index (χ1n) is 13.1. The SMILES string of the molecule is O=C1c2ccc(OC3CC4CCC(C3)N4)cc2OCCN1C[C@H](O)CN1CCc2ccccc2C1. The topological polar surface area (TPSA) is 74.3 Å². The number of nitrogens with one attached hydrogen (secondary N) is 1. The molecular formula is C28H35N3O4. The average Bonchev–Trinajstić information content (AvgIpc) is 3.12. The zero-order chi connectivity index (χ0) is 23.8. The second-order valence-corrected chi connectivity index (χ2v) is 10.5. The highest BCUT2D eigenvalue weighted by Gasteiger charge is 2.35. The van der Waals surface area contributed by atoms with Crippen LogP contribution < -0.4 is 14.8 Å². The summed E-state index contributed by atoms with van der Waals surface area (Å²) in [7, 11) is 0. The molecule has 4 heterocycles. The molecule has 1 amide bonds. The summed E-state index contributed by atoms with van der Waals surface area (Å²) in [5, 5.41) is 14.5. The van der Waals surface area contributed by atoms with Crippen molar-refractivity contribution in [2.75, 3.05) is 32.8 Å². The molecule has 0 aliphatic carbocycles. The minimum Gasteiger partial charge on any atom is -0.491 e. The van der Waals surface area contributed by atoms with Gasteiger partial charge >= 0.3 is 0 Å². The Morgan fingerprint density at radius 2 is 1.86 bits per heavy atom. The van der Waals surface area contributed by atoms with E-state index in [0.29, 0.717) is 49.6 Å². The molecule has 7 heteroatoms. The van der Waals surface area contributed by atoms with Gasteiger partial charge in [-0.25, -0.2) is 0 Å². The number of benzene rings is 2. The second-order valence-electron chi connectivity index (χ2n) is 10.5. The van der Waals surface area contributed by atoms with Crippen LogP contribution in [0.4, 0.5) is 0 Å². The summed E-state index contributed by atoms with van der Waals surface area (Å²) in [6.07, 6.45) is 5.13. The van der Waals surface area contributed by atoms with Crippen molar-refractivity contribution in [1.29, 1.82) is 0 Å². The molecular weight excluding hydrogens is 442 g/mol. The van der Waals surface area contributed by atoms with Crippen molar-refractivity contribution in [3.8, 4) is 11.5 Å². The van der Waals surface area contributed by atoms with Crippen LogP contribution in [0.2, 0.25) is 0 Å². The van der Waals surface area contributed by atoms with Crippen molar-refractivity contribution in [3.63, 3.8) is 0 Å². The first-order valence-corrected chi connectivity index (χ1v) is 13.1. The van der Waals surface area contributed by atoms with E-state index in [1.165, 1.54) is 24.0 Å². The van der Waals surface area contributed by atoms with E-state index in [9.17, 15) is 9.90 Å². The Balaban J connectivity index is 1.07. The smallest absolute Gasteiger partial charge is 0.257 e. The maximum atomic E-state index is 13.3. The Kier molecular flexibility index (Phi) is 6.39. The normalized spacial score (nSPS) is 26.9. The number of nitrogens with zero attached hydrogens (tertiary/aromatic N) is 2. The van der Waals surface area contributed by atoms with Crippen LogP contribution in [0.1, 0.15) is 47.2 Å². The first-order chi connectivity index (χ1) is 17.1. The molecule has 3 atom stereocenters. The number of carbonyl (C=O) groups is 1. The molecule has 4 aliphatic rings. The minimum absolute atomic E-state index is 0.0907. The van der Waals surface area contributed by atoms with E-state index in [-0.39, 0.29) is 12.0 Å². The number of fused-ring (bicyclic) bond motifs is 4. The predicted molar refractivity (Wildman–Crippen MR) is 133 cm³/mol. The molecule has 2 bridgehead atoms. The van der Waals surface area contributed by atoms with Gasteiger partial charge in [0.2, 0.25) is 0 Å². The van der Waals surface area contributed by atoms with Crippen LogP contribution in [0.5, 0.6) is 11.5 Å². The number of piperidine rings is 1. The fourth-order valence-electron chi connectivity index (χ4n) is 6.20. The summed E-state index contributed by atoms with van der Waals surface area (Å²) in [4.78, 5) is 17.3. The Bertz CT molecular complexity index is 1060. The van der Waals surface area contributed by atoms with Crippen molar-refractivity contribution >= 4 is 5.91 Å². The highest BCUT2D eigenvalue weighted by Crippen LogP contribution is 2.33. The number of β-amino-alcohol motifs (C(OH)–C–C–N with tert-alkyl or cyclic N) is 1. The zero-order valence-corrected chi connectivity index (χ0v) is 20.2. The maximum Gasteiger partial charge on any atom is 0.257 e. The largest absolute Gasteiger partial charge is 0.491 e. The van der Waals surface area contributed by atoms with Crippen LogP contribution in [0.25, 0.3) is 0 Å². The third-order valence-electron chi connectivity index (χ3n) is 7.93. The van der Waals surface area contributed by atoms with Gasteiger partial charge in [0, 0.05) is 44.3 Å². The van der Waals surface area contributed by atoms with Gasteiger partial charge in [0.15, 0.2) is 0 Å². The van der Waals surface area contributed by atoms with Crippen molar-refractivity contribution in [1.82, 2.24) is 15.1 Å². The third kappa shape index (κ3) is 5.03. The molecule has 0 spiro atoms. The summed E-state index contributed by atoms with van der Waals surface area (Å²) in [5.74, 6) is 1.25. The lowest BCUT2D eigenvalue weighted by atomic mass is 10.00. The van der Waals surface area contributed by atoms with Gasteiger partial charge in [-0.1, -0.05) is 24.3 Å². The summed E-state index contributed by atoms with van der Waals surface area (Å²) >= 11 is 0. The molecule has 2 unspecified atom stereocenters. The monoisotopic (exact) mass is 477 g/mol. The maximum absolute atomic E-state index is 13.3. The number of aliphatic hydroxyl groups is 1. The van der Waals surface area contributed by atoms with Gasteiger partial charge in [0.25, 0.3) is 5.91 Å². The van der Waals surface area contributed by atoms with Crippen molar-refractivity contribution in [3.05, 3.63) is 59.2 Å². The van der Waals surface area contributed by atoms with Crippen LogP contribution in [0.3, 0.4) is 0 Å². The number of ether oxygens (including phenoxy) is 2. The van der Waals surface area contributed by atoms with Gasteiger partial charge in [-0.15, -0.1) is 0 Å². The number of aliphatic hydroxyl groups excluding tert-OH is 1. The Hall–Kier alpha value is -2.61. The van der Waals surface area contributed by atoms with Gasteiger partial charge in [-0.3, -0.25) is 9.69 Å². The number of rotatable bonds is 6. The first kappa shape index (κ1) is 22.8. The van der Waals surface area contributed by atoms with Crippen LogP contribution in [-0.4, -0.2) is 77.9 Å². The predicted octanol–water partition coefficient (Wildman–Crippen LogP) is 2.60. The molecule has 2 aromatic rings. The van der Waals surface area contributed by atoms with Gasteiger partial charge in [-0.2, -0.15) is 0 Å². The lowest BCUT2D eigenvalue weighted by Crippen LogP contribution is -2.44. The van der Waals surface area contributed by atoms with Crippen molar-refractivity contribution < 1.29 is 19.4 Å². The Labute approximate surface area is 207 Å². The lowest BCUT2D eigenvalue weighted by molar-refractivity contribution is 0.0501. The quantitative estimate of drug-likeness (QED) is 0.666. The molecule has 6 rings (SSSR count).